The third kappa shape index (κ3) is 2.17. The summed E-state index contributed by atoms with van der Waals surface area (Å²) in [6, 6.07) is 8.28. The fourth-order valence-corrected chi connectivity index (χ4v) is 1.83. The smallest absolute Gasteiger partial charge is 0.384 e. The quantitative estimate of drug-likeness (QED) is 0.401. The normalized spacial score (nSPS) is 12.7. The second kappa shape index (κ2) is 4.71. The van der Waals surface area contributed by atoms with Crippen LogP contribution in [-0.2, 0) is 16.0 Å². The number of hydrogen-bond donors (Lipinski definition) is 0. The van der Waals surface area contributed by atoms with Crippen molar-refractivity contribution in [2.45, 2.75) is 6.42 Å². The lowest BCUT2D eigenvalue weighted by Gasteiger charge is -2.15. The van der Waals surface area contributed by atoms with Gasteiger partial charge in [0.05, 0.1) is 13.7 Å². The van der Waals surface area contributed by atoms with Crippen molar-refractivity contribution >= 4 is 11.7 Å². The Bertz CT molecular complexity index is 456. The Morgan fingerprint density at radius 3 is 3.12 bits per heavy atom. The maximum absolute atomic E-state index is 10.8. The molecule has 0 amide bonds. The van der Waals surface area contributed by atoms with Crippen molar-refractivity contribution in [1.29, 1.82) is 0 Å². The van der Waals surface area contributed by atoms with Gasteiger partial charge in [-0.3, -0.25) is 0 Å². The lowest BCUT2D eigenvalue weighted by atomic mass is 10.2. The first-order chi connectivity index (χ1) is 7.81. The molecule has 0 aliphatic carbocycles. The minimum Gasteiger partial charge on any atom is -0.459 e. The van der Waals surface area contributed by atoms with Gasteiger partial charge < -0.3 is 9.64 Å². The van der Waals surface area contributed by atoms with Crippen LogP contribution >= 0.6 is 0 Å². The molecule has 0 bridgehead atoms. The summed E-state index contributed by atoms with van der Waals surface area (Å²) in [6.07, 6.45) is 1.05. The number of rotatable bonds is 1. The van der Waals surface area contributed by atoms with Crippen molar-refractivity contribution in [3.05, 3.63) is 29.8 Å². The highest BCUT2D eigenvalue weighted by Crippen LogP contribution is 2.26. The fourth-order valence-electron chi connectivity index (χ4n) is 1.83. The molecule has 1 aliphatic rings. The van der Waals surface area contributed by atoms with Gasteiger partial charge in [-0.25, -0.2) is 4.79 Å². The SMILES string of the molecule is COC(=O)C#CCN1CCc2ccccc21. The number of methoxy groups -OCH3 is 1. The molecular weight excluding hydrogens is 202 g/mol. The molecular formula is C13H13NO2. The van der Waals surface area contributed by atoms with E-state index in [-0.39, 0.29) is 0 Å². The zero-order valence-electron chi connectivity index (χ0n) is 9.19. The Morgan fingerprint density at radius 1 is 1.50 bits per heavy atom. The van der Waals surface area contributed by atoms with E-state index >= 15 is 0 Å². The number of esters is 1. The summed E-state index contributed by atoms with van der Waals surface area (Å²) >= 11 is 0. The van der Waals surface area contributed by atoms with Gasteiger partial charge >= 0.3 is 5.97 Å². The second-order valence-electron chi connectivity index (χ2n) is 3.59. The highest BCUT2D eigenvalue weighted by molar-refractivity contribution is 5.88. The lowest BCUT2D eigenvalue weighted by Crippen LogP contribution is -2.20. The molecule has 1 heterocycles. The zero-order valence-corrected chi connectivity index (χ0v) is 9.19. The van der Waals surface area contributed by atoms with Gasteiger partial charge in [-0.1, -0.05) is 24.1 Å². The van der Waals surface area contributed by atoms with E-state index in [0.717, 1.165) is 13.0 Å². The van der Waals surface area contributed by atoms with Gasteiger partial charge in [0.15, 0.2) is 0 Å². The van der Waals surface area contributed by atoms with E-state index in [1.165, 1.54) is 18.4 Å². The van der Waals surface area contributed by atoms with Crippen LogP contribution in [0.1, 0.15) is 5.56 Å². The van der Waals surface area contributed by atoms with Crippen molar-refractivity contribution in [2.75, 3.05) is 25.1 Å². The van der Waals surface area contributed by atoms with Gasteiger partial charge in [-0.05, 0) is 18.1 Å². The Kier molecular flexibility index (Phi) is 3.11. The van der Waals surface area contributed by atoms with Gasteiger partial charge in [-0.2, -0.15) is 0 Å². The van der Waals surface area contributed by atoms with Crippen LogP contribution in [0.25, 0.3) is 0 Å². The molecule has 1 aromatic carbocycles. The molecule has 0 aromatic heterocycles. The summed E-state index contributed by atoms with van der Waals surface area (Å²) in [6.45, 7) is 1.54. The molecule has 0 spiro atoms. The zero-order chi connectivity index (χ0) is 11.4. The predicted molar refractivity (Wildman–Crippen MR) is 62.2 cm³/mol. The molecule has 1 aliphatic heterocycles. The Labute approximate surface area is 95.0 Å². The van der Waals surface area contributed by atoms with Crippen LogP contribution in [0.5, 0.6) is 0 Å². The number of fused-ring (bicyclic) bond motifs is 1. The number of nitrogens with zero attached hydrogens (tertiary/aromatic N) is 1. The van der Waals surface area contributed by atoms with E-state index in [2.05, 4.69) is 33.6 Å². The molecule has 0 saturated heterocycles. The van der Waals surface area contributed by atoms with Crippen molar-refractivity contribution in [3.8, 4) is 11.8 Å². The third-order valence-electron chi connectivity index (χ3n) is 2.63. The van der Waals surface area contributed by atoms with E-state index in [0.29, 0.717) is 6.54 Å². The highest BCUT2D eigenvalue weighted by atomic mass is 16.5. The van der Waals surface area contributed by atoms with Crippen molar-refractivity contribution in [2.24, 2.45) is 0 Å². The Morgan fingerprint density at radius 2 is 2.31 bits per heavy atom. The molecule has 16 heavy (non-hydrogen) atoms. The van der Waals surface area contributed by atoms with Crippen LogP contribution in [0.4, 0.5) is 5.69 Å². The first-order valence-electron chi connectivity index (χ1n) is 5.21. The second-order valence-corrected chi connectivity index (χ2v) is 3.59. The van der Waals surface area contributed by atoms with Crippen molar-refractivity contribution in [3.63, 3.8) is 0 Å². The van der Waals surface area contributed by atoms with Gasteiger partial charge in [0.1, 0.15) is 0 Å². The number of carbonyl (C=O) groups is 1. The average molecular weight is 215 g/mol. The summed E-state index contributed by atoms with van der Waals surface area (Å²) in [5.41, 5.74) is 2.57. The molecule has 0 unspecified atom stereocenters. The molecule has 0 fully saturated rings. The van der Waals surface area contributed by atoms with E-state index in [1.54, 1.807) is 0 Å². The highest BCUT2D eigenvalue weighted by Gasteiger charge is 2.16. The van der Waals surface area contributed by atoms with Gasteiger partial charge in [-0.15, -0.1) is 0 Å². The van der Waals surface area contributed by atoms with Crippen molar-refractivity contribution in [1.82, 2.24) is 0 Å². The lowest BCUT2D eigenvalue weighted by molar-refractivity contribution is -0.133. The molecule has 0 atom stereocenters. The summed E-state index contributed by atoms with van der Waals surface area (Å²) in [7, 11) is 1.34. The molecule has 1 aromatic rings. The minimum absolute atomic E-state index is 0.479. The van der Waals surface area contributed by atoms with Crippen LogP contribution in [0.3, 0.4) is 0 Å². The number of benzene rings is 1. The summed E-state index contributed by atoms with van der Waals surface area (Å²) < 4.78 is 4.45. The van der Waals surface area contributed by atoms with E-state index in [9.17, 15) is 4.79 Å². The molecule has 82 valence electrons. The van der Waals surface area contributed by atoms with E-state index in [1.807, 2.05) is 12.1 Å². The molecule has 3 nitrogen and oxygen atoms in total. The van der Waals surface area contributed by atoms with Gasteiger partial charge in [0, 0.05) is 18.2 Å². The maximum Gasteiger partial charge on any atom is 0.384 e. The van der Waals surface area contributed by atoms with Crippen LogP contribution in [0.2, 0.25) is 0 Å². The largest absolute Gasteiger partial charge is 0.459 e. The molecule has 0 radical (unpaired) electrons. The first-order valence-corrected chi connectivity index (χ1v) is 5.21. The number of anilines is 1. The molecule has 2 rings (SSSR count). The number of hydrogen-bond acceptors (Lipinski definition) is 3. The average Bonchev–Trinajstić information content (AvgIpc) is 2.73. The summed E-state index contributed by atoms with van der Waals surface area (Å²) in [5.74, 6) is 4.78. The first kappa shape index (κ1) is 10.6. The Hall–Kier alpha value is -1.95. The van der Waals surface area contributed by atoms with E-state index < -0.39 is 5.97 Å². The standard InChI is InChI=1S/C13H13NO2/c1-16-13(15)7-4-9-14-10-8-11-5-2-3-6-12(11)14/h2-3,5-6H,8-10H2,1H3. The molecule has 0 saturated carbocycles. The minimum atomic E-state index is -0.479. The predicted octanol–water partition coefficient (Wildman–Crippen LogP) is 1.23. The summed E-state index contributed by atoms with van der Waals surface area (Å²) in [4.78, 5) is 13.0. The maximum atomic E-state index is 10.8. The monoisotopic (exact) mass is 215 g/mol. The van der Waals surface area contributed by atoms with E-state index in [4.69, 9.17) is 0 Å². The van der Waals surface area contributed by atoms with Gasteiger partial charge in [0.25, 0.3) is 0 Å². The topological polar surface area (TPSA) is 29.5 Å². The van der Waals surface area contributed by atoms with Crippen LogP contribution in [-0.4, -0.2) is 26.2 Å². The van der Waals surface area contributed by atoms with Crippen molar-refractivity contribution < 1.29 is 9.53 Å². The van der Waals surface area contributed by atoms with Crippen LogP contribution in [0.15, 0.2) is 24.3 Å². The molecule has 3 heteroatoms. The van der Waals surface area contributed by atoms with Crippen LogP contribution < -0.4 is 4.90 Å². The van der Waals surface area contributed by atoms with Crippen LogP contribution in [0, 0.1) is 11.8 Å². The number of ether oxygens (including phenoxy) is 1. The summed E-state index contributed by atoms with van der Waals surface area (Å²) in [5, 5.41) is 0. The third-order valence-corrected chi connectivity index (χ3v) is 2.63. The van der Waals surface area contributed by atoms with Gasteiger partial charge in [0.2, 0.25) is 0 Å². The number of carbonyl (C=O) groups excluding carboxylic acids is 1. The fraction of sp³-hybridized carbons (Fsp3) is 0.308. The Balaban J connectivity index is 2.03. The number of para-hydroxylation sites is 1. The molecule has 0 N–H and O–H groups in total.